The van der Waals surface area contributed by atoms with E-state index in [0.717, 1.165) is 5.51 Å². The number of nitriles is 1. The molecule has 0 atom stereocenters. The zero-order chi connectivity index (χ0) is 15.6. The molecule has 0 saturated carbocycles. The minimum atomic E-state index is -4.14. The van der Waals surface area contributed by atoms with E-state index >= 15 is 0 Å². The molecule has 21 heavy (non-hydrogen) atoms. The minimum Gasteiger partial charge on any atom is -0.476 e. The average molecular weight is 388 g/mol. The quantitative estimate of drug-likeness (QED) is 0.829. The molecule has 0 aliphatic heterocycles. The van der Waals surface area contributed by atoms with Crippen molar-refractivity contribution in [2.75, 3.05) is 4.72 Å². The zero-order valence-corrected chi connectivity index (χ0v) is 13.3. The number of thiazole rings is 1. The van der Waals surface area contributed by atoms with E-state index in [0.29, 0.717) is 15.8 Å². The van der Waals surface area contributed by atoms with Crippen molar-refractivity contribution in [2.45, 2.75) is 4.21 Å². The van der Waals surface area contributed by atoms with Gasteiger partial charge in [-0.2, -0.15) is 5.26 Å². The van der Waals surface area contributed by atoms with Crippen LogP contribution in [0, 0.1) is 11.3 Å². The molecule has 7 nitrogen and oxygen atoms in total. The third-order valence-electron chi connectivity index (χ3n) is 2.33. The second-order valence-corrected chi connectivity index (χ2v) is 7.35. The van der Waals surface area contributed by atoms with Gasteiger partial charge in [0, 0.05) is 4.47 Å². The highest BCUT2D eigenvalue weighted by molar-refractivity contribution is 9.10. The number of anilines is 1. The van der Waals surface area contributed by atoms with Gasteiger partial charge in [-0.3, -0.25) is 4.72 Å². The summed E-state index contributed by atoms with van der Waals surface area (Å²) in [7, 11) is -4.14. The van der Waals surface area contributed by atoms with Crippen molar-refractivity contribution in [3.8, 4) is 6.07 Å². The molecule has 0 aliphatic rings. The molecular weight excluding hydrogens is 382 g/mol. The fraction of sp³-hybridized carbons (Fsp3) is 0. The predicted octanol–water partition coefficient (Wildman–Crippen LogP) is 2.28. The number of carbonyl (C=O) groups is 1. The van der Waals surface area contributed by atoms with E-state index in [1.54, 1.807) is 6.07 Å². The van der Waals surface area contributed by atoms with Gasteiger partial charge >= 0.3 is 5.97 Å². The van der Waals surface area contributed by atoms with Crippen molar-refractivity contribution in [2.24, 2.45) is 0 Å². The third kappa shape index (κ3) is 3.21. The van der Waals surface area contributed by atoms with E-state index in [1.165, 1.54) is 12.1 Å². The van der Waals surface area contributed by atoms with Gasteiger partial charge in [-0.15, -0.1) is 11.3 Å². The summed E-state index contributed by atoms with van der Waals surface area (Å²) in [6.07, 6.45) is 0. The van der Waals surface area contributed by atoms with E-state index < -0.39 is 25.9 Å². The lowest BCUT2D eigenvalue weighted by Gasteiger charge is -2.08. The predicted molar refractivity (Wildman–Crippen MR) is 78.7 cm³/mol. The van der Waals surface area contributed by atoms with E-state index in [-0.39, 0.29) is 11.3 Å². The van der Waals surface area contributed by atoms with Crippen molar-refractivity contribution < 1.29 is 18.3 Å². The average Bonchev–Trinajstić information content (AvgIpc) is 2.88. The van der Waals surface area contributed by atoms with Gasteiger partial charge in [0.25, 0.3) is 10.0 Å². The second-order valence-electron chi connectivity index (χ2n) is 3.70. The SMILES string of the molecule is N#Cc1ccc(Br)cc1NS(=O)(=O)c1scnc1C(=O)O. The summed E-state index contributed by atoms with van der Waals surface area (Å²) in [5, 5.41) is 17.9. The number of sulfonamides is 1. The van der Waals surface area contributed by atoms with Crippen molar-refractivity contribution in [3.05, 3.63) is 39.4 Å². The largest absolute Gasteiger partial charge is 0.476 e. The summed E-state index contributed by atoms with van der Waals surface area (Å²) in [6.45, 7) is 0. The van der Waals surface area contributed by atoms with Crippen LogP contribution in [-0.2, 0) is 10.0 Å². The van der Waals surface area contributed by atoms with Crippen LogP contribution < -0.4 is 4.72 Å². The number of hydrogen-bond acceptors (Lipinski definition) is 6. The molecule has 0 fully saturated rings. The molecule has 0 unspecified atom stereocenters. The van der Waals surface area contributed by atoms with E-state index in [1.807, 2.05) is 6.07 Å². The Labute approximate surface area is 132 Å². The molecule has 0 saturated heterocycles. The number of aromatic nitrogens is 1. The molecule has 0 radical (unpaired) electrons. The number of benzene rings is 1. The molecule has 0 bridgehead atoms. The van der Waals surface area contributed by atoms with Gasteiger partial charge in [0.2, 0.25) is 0 Å². The summed E-state index contributed by atoms with van der Waals surface area (Å²) >= 11 is 3.86. The molecule has 2 rings (SSSR count). The summed E-state index contributed by atoms with van der Waals surface area (Å²) in [5.41, 5.74) is 0.741. The van der Waals surface area contributed by atoms with E-state index in [9.17, 15) is 13.2 Å². The van der Waals surface area contributed by atoms with Crippen molar-refractivity contribution in [1.82, 2.24) is 4.98 Å². The first-order valence-electron chi connectivity index (χ1n) is 5.24. The van der Waals surface area contributed by atoms with Gasteiger partial charge in [0.15, 0.2) is 9.90 Å². The Kier molecular flexibility index (Phi) is 4.26. The molecule has 2 aromatic rings. The van der Waals surface area contributed by atoms with Crippen LogP contribution in [0.3, 0.4) is 0 Å². The van der Waals surface area contributed by atoms with Gasteiger partial charge in [-0.25, -0.2) is 18.2 Å². The van der Waals surface area contributed by atoms with Crippen LogP contribution in [0.25, 0.3) is 0 Å². The summed E-state index contributed by atoms with van der Waals surface area (Å²) in [6, 6.07) is 6.29. The normalized spacial score (nSPS) is 10.9. The number of rotatable bonds is 4. The number of halogens is 1. The standard InChI is InChI=1S/C11H6BrN3O4S2/c12-7-2-1-6(4-13)8(3-7)15-21(18,19)11-9(10(16)17)14-5-20-11/h1-3,5,15H,(H,16,17). The van der Waals surface area contributed by atoms with E-state index in [4.69, 9.17) is 10.4 Å². The van der Waals surface area contributed by atoms with Gasteiger partial charge in [-0.05, 0) is 18.2 Å². The molecule has 1 heterocycles. The summed E-state index contributed by atoms with van der Waals surface area (Å²) in [5.74, 6) is -1.44. The molecule has 2 N–H and O–H groups in total. The highest BCUT2D eigenvalue weighted by Crippen LogP contribution is 2.26. The number of hydrogen-bond donors (Lipinski definition) is 2. The van der Waals surface area contributed by atoms with Crippen LogP contribution in [0.15, 0.2) is 32.4 Å². The summed E-state index contributed by atoms with van der Waals surface area (Å²) in [4.78, 5) is 14.5. The summed E-state index contributed by atoms with van der Waals surface area (Å²) < 4.78 is 26.8. The molecule has 108 valence electrons. The first-order chi connectivity index (χ1) is 9.85. The first-order valence-corrected chi connectivity index (χ1v) is 8.40. The van der Waals surface area contributed by atoms with Crippen LogP contribution in [0.4, 0.5) is 5.69 Å². The smallest absolute Gasteiger partial charge is 0.356 e. The molecular formula is C11H6BrN3O4S2. The van der Waals surface area contributed by atoms with Crippen LogP contribution in [-0.4, -0.2) is 24.5 Å². The zero-order valence-electron chi connectivity index (χ0n) is 10.1. The first kappa shape index (κ1) is 15.4. The fourth-order valence-electron chi connectivity index (χ4n) is 1.46. The maximum absolute atomic E-state index is 12.2. The monoisotopic (exact) mass is 387 g/mol. The Morgan fingerprint density at radius 1 is 1.48 bits per heavy atom. The highest BCUT2D eigenvalue weighted by Gasteiger charge is 2.26. The van der Waals surface area contributed by atoms with Gasteiger partial charge in [0.05, 0.1) is 16.8 Å². The Bertz CT molecular complexity index is 855. The Hall–Kier alpha value is -1.96. The van der Waals surface area contributed by atoms with Crippen molar-refractivity contribution in [3.63, 3.8) is 0 Å². The van der Waals surface area contributed by atoms with Gasteiger partial charge in [0.1, 0.15) is 6.07 Å². The minimum absolute atomic E-state index is 0.0524. The maximum atomic E-state index is 12.2. The highest BCUT2D eigenvalue weighted by atomic mass is 79.9. The Morgan fingerprint density at radius 3 is 2.81 bits per heavy atom. The lowest BCUT2D eigenvalue weighted by Crippen LogP contribution is -2.16. The molecule has 1 aromatic heterocycles. The maximum Gasteiger partial charge on any atom is 0.356 e. The van der Waals surface area contributed by atoms with Crippen LogP contribution >= 0.6 is 27.3 Å². The Balaban J connectivity index is 2.48. The number of carboxylic acid groups (broad SMARTS) is 1. The lowest BCUT2D eigenvalue weighted by atomic mass is 10.2. The van der Waals surface area contributed by atoms with Crippen LogP contribution in [0.5, 0.6) is 0 Å². The fourth-order valence-corrected chi connectivity index (χ4v) is 4.03. The number of nitrogens with one attached hydrogen (secondary N) is 1. The van der Waals surface area contributed by atoms with E-state index in [2.05, 4.69) is 25.6 Å². The van der Waals surface area contributed by atoms with Crippen LogP contribution in [0.1, 0.15) is 16.1 Å². The molecule has 0 aliphatic carbocycles. The van der Waals surface area contributed by atoms with Gasteiger partial charge in [-0.1, -0.05) is 15.9 Å². The number of nitrogens with zero attached hydrogens (tertiary/aromatic N) is 2. The van der Waals surface area contributed by atoms with Gasteiger partial charge < -0.3 is 5.11 Å². The lowest BCUT2D eigenvalue weighted by molar-refractivity contribution is 0.0687. The third-order valence-corrected chi connectivity index (χ3v) is 5.56. The van der Waals surface area contributed by atoms with Crippen LogP contribution in [0.2, 0.25) is 0 Å². The number of carboxylic acids is 1. The van der Waals surface area contributed by atoms with Crippen molar-refractivity contribution >= 4 is 48.9 Å². The molecule has 1 aromatic carbocycles. The number of aromatic carboxylic acids is 1. The second kappa shape index (κ2) is 5.80. The molecule has 10 heteroatoms. The Morgan fingerprint density at radius 2 is 2.19 bits per heavy atom. The topological polar surface area (TPSA) is 120 Å². The molecule has 0 amide bonds. The van der Waals surface area contributed by atoms with Crippen molar-refractivity contribution in [1.29, 1.82) is 5.26 Å². The molecule has 0 spiro atoms.